The highest BCUT2D eigenvalue weighted by atomic mass is 35.5. The van der Waals surface area contributed by atoms with Crippen molar-refractivity contribution >= 4 is 36.4 Å². The molecule has 0 aromatic heterocycles. The normalized spacial score (nSPS) is 15.7. The van der Waals surface area contributed by atoms with Crippen LogP contribution in [0.4, 0.5) is 5.69 Å². The van der Waals surface area contributed by atoms with E-state index >= 15 is 0 Å². The molecule has 0 radical (unpaired) electrons. The number of amides is 1. The first-order chi connectivity index (χ1) is 11.0. The molecule has 0 bridgehead atoms. The number of hydrogen-bond acceptors (Lipinski definition) is 4. The summed E-state index contributed by atoms with van der Waals surface area (Å²) < 4.78 is 0. The zero-order valence-corrected chi connectivity index (χ0v) is 16.9. The molecule has 1 amide bonds. The van der Waals surface area contributed by atoms with Crippen molar-refractivity contribution in [1.29, 1.82) is 0 Å². The van der Waals surface area contributed by atoms with E-state index in [-0.39, 0.29) is 36.8 Å². The fourth-order valence-corrected chi connectivity index (χ4v) is 2.84. The molecule has 7 heteroatoms. The van der Waals surface area contributed by atoms with E-state index in [2.05, 4.69) is 46.3 Å². The SMILES string of the molecule is Cc1cccc(N2CCN(CCC(=O)NCCC(C)N)CC2)c1.Cl.Cl. The van der Waals surface area contributed by atoms with Gasteiger partial charge >= 0.3 is 0 Å². The van der Waals surface area contributed by atoms with Crippen LogP contribution < -0.4 is 16.0 Å². The highest BCUT2D eigenvalue weighted by molar-refractivity contribution is 5.85. The monoisotopic (exact) mass is 390 g/mol. The summed E-state index contributed by atoms with van der Waals surface area (Å²) in [6, 6.07) is 8.80. The minimum Gasteiger partial charge on any atom is -0.369 e. The van der Waals surface area contributed by atoms with E-state index in [1.165, 1.54) is 11.3 Å². The molecule has 1 aliphatic heterocycles. The molecule has 1 heterocycles. The topological polar surface area (TPSA) is 61.6 Å². The highest BCUT2D eigenvalue weighted by Gasteiger charge is 2.17. The van der Waals surface area contributed by atoms with Crippen LogP contribution in [0.5, 0.6) is 0 Å². The van der Waals surface area contributed by atoms with Gasteiger partial charge < -0.3 is 16.0 Å². The fraction of sp³-hybridized carbons (Fsp3) is 0.611. The minimum atomic E-state index is 0. The van der Waals surface area contributed by atoms with E-state index in [0.717, 1.165) is 39.1 Å². The van der Waals surface area contributed by atoms with Gasteiger partial charge in [-0.25, -0.2) is 0 Å². The third-order valence-corrected chi connectivity index (χ3v) is 4.32. The molecule has 25 heavy (non-hydrogen) atoms. The van der Waals surface area contributed by atoms with Crippen LogP contribution in [0.2, 0.25) is 0 Å². The molecule has 5 nitrogen and oxygen atoms in total. The number of nitrogens with two attached hydrogens (primary N) is 1. The maximum absolute atomic E-state index is 11.8. The summed E-state index contributed by atoms with van der Waals surface area (Å²) in [5, 5.41) is 2.94. The van der Waals surface area contributed by atoms with Gasteiger partial charge in [-0.05, 0) is 38.0 Å². The first kappa shape index (κ1) is 24.0. The molecule has 2 rings (SSSR count). The second-order valence-electron chi connectivity index (χ2n) is 6.53. The molecular formula is C18H32Cl2N4O. The Morgan fingerprint density at radius 1 is 1.24 bits per heavy atom. The Balaban J connectivity index is 0.00000288. The van der Waals surface area contributed by atoms with Gasteiger partial charge in [-0.1, -0.05) is 12.1 Å². The average molecular weight is 391 g/mol. The van der Waals surface area contributed by atoms with Crippen molar-refractivity contribution in [2.45, 2.75) is 32.7 Å². The van der Waals surface area contributed by atoms with Crippen LogP contribution in [-0.4, -0.2) is 56.1 Å². The molecule has 1 saturated heterocycles. The number of aryl methyl sites for hydroxylation is 1. The summed E-state index contributed by atoms with van der Waals surface area (Å²) in [5.74, 6) is 0.131. The Hall–Kier alpha value is -1.01. The Morgan fingerprint density at radius 2 is 1.92 bits per heavy atom. The summed E-state index contributed by atoms with van der Waals surface area (Å²) in [5.41, 5.74) is 8.28. The summed E-state index contributed by atoms with van der Waals surface area (Å²) >= 11 is 0. The number of anilines is 1. The number of nitrogens with one attached hydrogen (secondary N) is 1. The number of piperazine rings is 1. The number of rotatable bonds is 7. The van der Waals surface area contributed by atoms with Crippen LogP contribution in [0.25, 0.3) is 0 Å². The molecule has 144 valence electrons. The fourth-order valence-electron chi connectivity index (χ4n) is 2.84. The predicted molar refractivity (Wildman–Crippen MR) is 110 cm³/mol. The van der Waals surface area contributed by atoms with E-state index in [1.807, 2.05) is 6.92 Å². The molecule has 1 fully saturated rings. The van der Waals surface area contributed by atoms with E-state index in [9.17, 15) is 4.79 Å². The minimum absolute atomic E-state index is 0. The smallest absolute Gasteiger partial charge is 0.221 e. The van der Waals surface area contributed by atoms with Crippen LogP contribution in [-0.2, 0) is 4.79 Å². The van der Waals surface area contributed by atoms with Crippen molar-refractivity contribution in [3.05, 3.63) is 29.8 Å². The molecule has 3 N–H and O–H groups in total. The van der Waals surface area contributed by atoms with Crippen molar-refractivity contribution in [3.8, 4) is 0 Å². The number of nitrogens with zero attached hydrogens (tertiary/aromatic N) is 2. The van der Waals surface area contributed by atoms with E-state index in [4.69, 9.17) is 5.73 Å². The number of benzene rings is 1. The lowest BCUT2D eigenvalue weighted by atomic mass is 10.2. The first-order valence-electron chi connectivity index (χ1n) is 8.61. The van der Waals surface area contributed by atoms with Crippen molar-refractivity contribution < 1.29 is 4.79 Å². The van der Waals surface area contributed by atoms with Gasteiger partial charge in [0.1, 0.15) is 0 Å². The molecule has 1 aromatic rings. The second kappa shape index (κ2) is 12.4. The van der Waals surface area contributed by atoms with Crippen LogP contribution >= 0.6 is 24.8 Å². The Kier molecular flexibility index (Phi) is 11.9. The molecular weight excluding hydrogens is 359 g/mol. The third kappa shape index (κ3) is 8.77. The zero-order valence-electron chi connectivity index (χ0n) is 15.2. The first-order valence-corrected chi connectivity index (χ1v) is 8.61. The van der Waals surface area contributed by atoms with Gasteiger partial charge in [-0.3, -0.25) is 9.69 Å². The summed E-state index contributed by atoms with van der Waals surface area (Å²) in [4.78, 5) is 16.6. The maximum atomic E-state index is 11.8. The van der Waals surface area contributed by atoms with E-state index in [0.29, 0.717) is 13.0 Å². The van der Waals surface area contributed by atoms with Gasteiger partial charge in [-0.2, -0.15) is 0 Å². The summed E-state index contributed by atoms with van der Waals surface area (Å²) in [7, 11) is 0. The Labute approximate surface area is 164 Å². The van der Waals surface area contributed by atoms with Crippen molar-refractivity contribution in [2.24, 2.45) is 5.73 Å². The van der Waals surface area contributed by atoms with Crippen molar-refractivity contribution in [2.75, 3.05) is 44.2 Å². The standard InChI is InChI=1S/C18H30N4O.2ClH/c1-15-4-3-5-17(14-15)22-12-10-21(11-13-22)9-7-18(23)20-8-6-16(2)19;;/h3-5,14,16H,6-13,19H2,1-2H3,(H,20,23);2*1H. The molecule has 1 atom stereocenters. The van der Waals surface area contributed by atoms with Crippen molar-refractivity contribution in [1.82, 2.24) is 10.2 Å². The van der Waals surface area contributed by atoms with Crippen LogP contribution in [0.15, 0.2) is 24.3 Å². The largest absolute Gasteiger partial charge is 0.369 e. The van der Waals surface area contributed by atoms with Gasteiger partial charge in [0.05, 0.1) is 0 Å². The molecule has 0 spiro atoms. The third-order valence-electron chi connectivity index (χ3n) is 4.32. The Morgan fingerprint density at radius 3 is 2.52 bits per heavy atom. The van der Waals surface area contributed by atoms with Gasteiger partial charge in [0, 0.05) is 57.4 Å². The molecule has 0 saturated carbocycles. The van der Waals surface area contributed by atoms with Crippen LogP contribution in [0.3, 0.4) is 0 Å². The van der Waals surface area contributed by atoms with E-state index < -0.39 is 0 Å². The molecule has 0 aliphatic carbocycles. The van der Waals surface area contributed by atoms with Gasteiger partial charge in [0.25, 0.3) is 0 Å². The summed E-state index contributed by atoms with van der Waals surface area (Å²) in [6.07, 6.45) is 1.41. The lowest BCUT2D eigenvalue weighted by Gasteiger charge is -2.36. The number of carbonyl (C=O) groups excluding carboxylic acids is 1. The van der Waals surface area contributed by atoms with Crippen molar-refractivity contribution in [3.63, 3.8) is 0 Å². The van der Waals surface area contributed by atoms with Gasteiger partial charge in [-0.15, -0.1) is 24.8 Å². The predicted octanol–water partition coefficient (Wildman–Crippen LogP) is 2.20. The number of carbonyl (C=O) groups is 1. The number of halogens is 2. The highest BCUT2D eigenvalue weighted by Crippen LogP contribution is 2.17. The van der Waals surface area contributed by atoms with Gasteiger partial charge in [0.2, 0.25) is 5.91 Å². The molecule has 1 unspecified atom stereocenters. The summed E-state index contributed by atoms with van der Waals surface area (Å²) in [6.45, 7) is 9.68. The van der Waals surface area contributed by atoms with Crippen LogP contribution in [0, 0.1) is 6.92 Å². The van der Waals surface area contributed by atoms with E-state index in [1.54, 1.807) is 0 Å². The Bertz CT molecular complexity index is 506. The van der Waals surface area contributed by atoms with Gasteiger partial charge in [0.15, 0.2) is 0 Å². The average Bonchev–Trinajstić information content (AvgIpc) is 2.53. The lowest BCUT2D eigenvalue weighted by molar-refractivity contribution is -0.121. The second-order valence-corrected chi connectivity index (χ2v) is 6.53. The maximum Gasteiger partial charge on any atom is 0.221 e. The molecule has 1 aliphatic rings. The van der Waals surface area contributed by atoms with Crippen LogP contribution in [0.1, 0.15) is 25.3 Å². The molecule has 1 aromatic carbocycles. The lowest BCUT2D eigenvalue weighted by Crippen LogP contribution is -2.47. The quantitative estimate of drug-likeness (QED) is 0.748. The number of hydrogen-bond donors (Lipinski definition) is 2. The zero-order chi connectivity index (χ0) is 16.7.